The number of anilines is 1. The van der Waals surface area contributed by atoms with Gasteiger partial charge in [-0.15, -0.1) is 0 Å². The van der Waals surface area contributed by atoms with Gasteiger partial charge in [0.2, 0.25) is 5.91 Å². The average Bonchev–Trinajstić information content (AvgIpc) is 2.41. The molecule has 1 amide bonds. The maximum atomic E-state index is 12.1. The van der Waals surface area contributed by atoms with Gasteiger partial charge >= 0.3 is 0 Å². The summed E-state index contributed by atoms with van der Waals surface area (Å²) in [6.45, 7) is 6.33. The van der Waals surface area contributed by atoms with Crippen LogP contribution in [0.3, 0.4) is 0 Å². The van der Waals surface area contributed by atoms with Gasteiger partial charge in [0.05, 0.1) is 0 Å². The predicted octanol–water partition coefficient (Wildman–Crippen LogP) is 2.82. The number of amides is 1. The minimum absolute atomic E-state index is 0.164. The summed E-state index contributed by atoms with van der Waals surface area (Å²) in [6, 6.07) is 8.24. The van der Waals surface area contributed by atoms with Crippen molar-refractivity contribution in [3.05, 3.63) is 29.8 Å². The van der Waals surface area contributed by atoms with Gasteiger partial charge in [0.15, 0.2) is 0 Å². The second kappa shape index (κ2) is 6.71. The van der Waals surface area contributed by atoms with Crippen LogP contribution in [0.1, 0.15) is 32.3 Å². The molecular formula is C16H24N2O. The number of rotatable bonds is 4. The summed E-state index contributed by atoms with van der Waals surface area (Å²) in [4.78, 5) is 12.1. The summed E-state index contributed by atoms with van der Waals surface area (Å²) in [6.07, 6.45) is 2.97. The fourth-order valence-electron chi connectivity index (χ4n) is 2.52. The molecule has 3 heteroatoms. The average molecular weight is 260 g/mol. The molecule has 1 fully saturated rings. The van der Waals surface area contributed by atoms with Gasteiger partial charge in [0.25, 0.3) is 0 Å². The molecule has 0 saturated carbocycles. The molecule has 1 aliphatic heterocycles. The van der Waals surface area contributed by atoms with E-state index in [0.717, 1.165) is 38.0 Å². The molecule has 0 unspecified atom stereocenters. The van der Waals surface area contributed by atoms with Crippen LogP contribution in [0.4, 0.5) is 5.69 Å². The number of benzene rings is 1. The van der Waals surface area contributed by atoms with Crippen molar-refractivity contribution < 1.29 is 4.79 Å². The lowest BCUT2D eigenvalue weighted by atomic mass is 9.97. The smallest absolute Gasteiger partial charge is 0.227 e. The zero-order valence-electron chi connectivity index (χ0n) is 11.9. The summed E-state index contributed by atoms with van der Waals surface area (Å²) < 4.78 is 0. The van der Waals surface area contributed by atoms with Crippen molar-refractivity contribution in [2.45, 2.75) is 33.1 Å². The minimum atomic E-state index is 0.164. The molecule has 19 heavy (non-hydrogen) atoms. The zero-order valence-corrected chi connectivity index (χ0v) is 11.9. The summed E-state index contributed by atoms with van der Waals surface area (Å²) >= 11 is 0. The topological polar surface area (TPSA) is 41.1 Å². The van der Waals surface area contributed by atoms with Gasteiger partial charge in [-0.2, -0.15) is 0 Å². The third-order valence-corrected chi connectivity index (χ3v) is 3.58. The van der Waals surface area contributed by atoms with Crippen LogP contribution in [-0.2, 0) is 11.2 Å². The lowest BCUT2D eigenvalue weighted by molar-refractivity contribution is -0.120. The van der Waals surface area contributed by atoms with Gasteiger partial charge in [0.1, 0.15) is 0 Å². The Balaban J connectivity index is 1.89. The molecule has 1 aromatic carbocycles. The third-order valence-electron chi connectivity index (χ3n) is 3.58. The fraction of sp³-hybridized carbons (Fsp3) is 0.562. The molecule has 1 heterocycles. The van der Waals surface area contributed by atoms with E-state index in [9.17, 15) is 4.79 Å². The van der Waals surface area contributed by atoms with E-state index < -0.39 is 0 Å². The number of nitrogens with one attached hydrogen (secondary N) is 2. The summed E-state index contributed by atoms with van der Waals surface area (Å²) in [5.41, 5.74) is 2.24. The second-order valence-electron chi connectivity index (χ2n) is 5.81. The standard InChI is InChI=1S/C16H24N2O/c1-12(2)11-13-3-5-15(6-4-13)18-16(19)14-7-9-17-10-8-14/h3-6,12,14,17H,7-11H2,1-2H3,(H,18,19). The maximum absolute atomic E-state index is 12.1. The molecule has 0 bridgehead atoms. The van der Waals surface area contributed by atoms with E-state index in [0.29, 0.717) is 5.92 Å². The SMILES string of the molecule is CC(C)Cc1ccc(NC(=O)C2CCNCC2)cc1. The van der Waals surface area contributed by atoms with Crippen LogP contribution >= 0.6 is 0 Å². The van der Waals surface area contributed by atoms with Crippen molar-refractivity contribution in [2.24, 2.45) is 11.8 Å². The quantitative estimate of drug-likeness (QED) is 0.874. The molecule has 1 aromatic rings. The van der Waals surface area contributed by atoms with Crippen LogP contribution in [0.15, 0.2) is 24.3 Å². The van der Waals surface area contributed by atoms with E-state index in [-0.39, 0.29) is 11.8 Å². The lowest BCUT2D eigenvalue weighted by Gasteiger charge is -2.21. The maximum Gasteiger partial charge on any atom is 0.227 e. The monoisotopic (exact) mass is 260 g/mol. The Morgan fingerprint density at radius 3 is 2.47 bits per heavy atom. The Labute approximate surface area is 115 Å². The molecule has 0 aromatic heterocycles. The highest BCUT2D eigenvalue weighted by Crippen LogP contribution is 2.17. The Morgan fingerprint density at radius 1 is 1.26 bits per heavy atom. The number of piperidine rings is 1. The largest absolute Gasteiger partial charge is 0.326 e. The Kier molecular flexibility index (Phi) is 4.97. The first-order valence-corrected chi connectivity index (χ1v) is 7.25. The van der Waals surface area contributed by atoms with Crippen LogP contribution in [0, 0.1) is 11.8 Å². The Bertz CT molecular complexity index is 405. The van der Waals surface area contributed by atoms with E-state index in [4.69, 9.17) is 0 Å². The van der Waals surface area contributed by atoms with Crippen LogP contribution in [0.25, 0.3) is 0 Å². The van der Waals surface area contributed by atoms with Gasteiger partial charge in [0, 0.05) is 11.6 Å². The van der Waals surface area contributed by atoms with E-state index in [1.165, 1.54) is 5.56 Å². The normalized spacial score (nSPS) is 16.6. The van der Waals surface area contributed by atoms with Gasteiger partial charge in [-0.05, 0) is 56.0 Å². The summed E-state index contributed by atoms with van der Waals surface area (Å²) in [5, 5.41) is 6.30. The van der Waals surface area contributed by atoms with Crippen molar-refractivity contribution in [3.8, 4) is 0 Å². The van der Waals surface area contributed by atoms with E-state index >= 15 is 0 Å². The number of carbonyl (C=O) groups is 1. The van der Waals surface area contributed by atoms with Crippen LogP contribution in [0.2, 0.25) is 0 Å². The molecule has 2 rings (SSSR count). The molecule has 0 spiro atoms. The van der Waals surface area contributed by atoms with Crippen molar-refractivity contribution in [2.75, 3.05) is 18.4 Å². The first-order valence-electron chi connectivity index (χ1n) is 7.25. The first-order chi connectivity index (χ1) is 9.15. The van der Waals surface area contributed by atoms with Crippen molar-refractivity contribution in [1.82, 2.24) is 5.32 Å². The van der Waals surface area contributed by atoms with Gasteiger partial charge in [-0.1, -0.05) is 26.0 Å². The summed E-state index contributed by atoms with van der Waals surface area (Å²) in [7, 11) is 0. The van der Waals surface area contributed by atoms with Gasteiger partial charge in [-0.25, -0.2) is 0 Å². The van der Waals surface area contributed by atoms with Crippen molar-refractivity contribution in [3.63, 3.8) is 0 Å². The number of carbonyl (C=O) groups excluding carboxylic acids is 1. The molecule has 0 atom stereocenters. The van der Waals surface area contributed by atoms with Crippen LogP contribution < -0.4 is 10.6 Å². The molecule has 104 valence electrons. The Hall–Kier alpha value is -1.35. The van der Waals surface area contributed by atoms with Crippen LogP contribution in [0.5, 0.6) is 0 Å². The van der Waals surface area contributed by atoms with E-state index in [2.05, 4.69) is 36.6 Å². The first kappa shape index (κ1) is 14.1. The second-order valence-corrected chi connectivity index (χ2v) is 5.81. The van der Waals surface area contributed by atoms with Crippen LogP contribution in [-0.4, -0.2) is 19.0 Å². The third kappa shape index (κ3) is 4.35. The van der Waals surface area contributed by atoms with E-state index in [1.807, 2.05) is 12.1 Å². The van der Waals surface area contributed by atoms with Gasteiger partial charge in [-0.3, -0.25) is 4.79 Å². The highest BCUT2D eigenvalue weighted by atomic mass is 16.1. The zero-order chi connectivity index (χ0) is 13.7. The van der Waals surface area contributed by atoms with Gasteiger partial charge < -0.3 is 10.6 Å². The molecule has 1 aliphatic rings. The highest BCUT2D eigenvalue weighted by molar-refractivity contribution is 5.92. The van der Waals surface area contributed by atoms with Crippen molar-refractivity contribution >= 4 is 11.6 Å². The number of hydrogen-bond donors (Lipinski definition) is 2. The minimum Gasteiger partial charge on any atom is -0.326 e. The predicted molar refractivity (Wildman–Crippen MR) is 79.2 cm³/mol. The Morgan fingerprint density at radius 2 is 1.89 bits per heavy atom. The number of hydrogen-bond acceptors (Lipinski definition) is 2. The summed E-state index contributed by atoms with van der Waals surface area (Å²) in [5.74, 6) is 0.991. The molecule has 1 saturated heterocycles. The van der Waals surface area contributed by atoms with E-state index in [1.54, 1.807) is 0 Å². The molecule has 0 aliphatic carbocycles. The highest BCUT2D eigenvalue weighted by Gasteiger charge is 2.20. The molecule has 2 N–H and O–H groups in total. The fourth-order valence-corrected chi connectivity index (χ4v) is 2.52. The molecule has 3 nitrogen and oxygen atoms in total. The molecular weight excluding hydrogens is 236 g/mol. The lowest BCUT2D eigenvalue weighted by Crippen LogP contribution is -2.34. The van der Waals surface area contributed by atoms with Crippen molar-refractivity contribution in [1.29, 1.82) is 0 Å². The molecule has 0 radical (unpaired) electrons.